The number of hydrogen-bond donors (Lipinski definition) is 2. The maximum Gasteiger partial charge on any atom is 0.328 e. The summed E-state index contributed by atoms with van der Waals surface area (Å²) in [6.07, 6.45) is 0. The Balaban J connectivity index is 2.72. The van der Waals surface area contributed by atoms with Crippen molar-refractivity contribution in [2.45, 2.75) is 46.3 Å². The number of carbonyl (C=O) groups is 2. The Morgan fingerprint density at radius 2 is 1.57 bits per heavy atom. The standard InChI is InChI=1S/C18H28N2O3/c1-12(2)15(19-11-14-9-7-6-8-10-14)17(21)20-16(13(3)4)18(22)23-5/h6-10,12-13,15-16,19H,11H2,1-5H3,(H,20,21)/t15-,16-/m0/s1. The fraction of sp³-hybridized carbons (Fsp3) is 0.556. The zero-order valence-corrected chi connectivity index (χ0v) is 14.6. The lowest BCUT2D eigenvalue weighted by atomic mass is 10.00. The van der Waals surface area contributed by atoms with Gasteiger partial charge in [-0.15, -0.1) is 0 Å². The van der Waals surface area contributed by atoms with E-state index in [0.29, 0.717) is 6.54 Å². The van der Waals surface area contributed by atoms with Crippen LogP contribution in [0.4, 0.5) is 0 Å². The van der Waals surface area contributed by atoms with Crippen LogP contribution in [0, 0.1) is 11.8 Å². The van der Waals surface area contributed by atoms with Crippen LogP contribution in [0.2, 0.25) is 0 Å². The zero-order valence-electron chi connectivity index (χ0n) is 14.6. The summed E-state index contributed by atoms with van der Waals surface area (Å²) >= 11 is 0. The molecule has 0 bridgehead atoms. The molecule has 2 atom stereocenters. The smallest absolute Gasteiger partial charge is 0.328 e. The number of benzene rings is 1. The Bertz CT molecular complexity index is 500. The monoisotopic (exact) mass is 320 g/mol. The molecule has 0 fully saturated rings. The molecular weight excluding hydrogens is 292 g/mol. The van der Waals surface area contributed by atoms with E-state index in [2.05, 4.69) is 10.6 Å². The molecule has 0 unspecified atom stereocenters. The average molecular weight is 320 g/mol. The highest BCUT2D eigenvalue weighted by atomic mass is 16.5. The van der Waals surface area contributed by atoms with Crippen LogP contribution in [-0.4, -0.2) is 31.1 Å². The minimum absolute atomic E-state index is 0.0339. The first kappa shape index (κ1) is 19.2. The Kier molecular flexibility index (Phi) is 7.75. The van der Waals surface area contributed by atoms with Gasteiger partial charge >= 0.3 is 5.97 Å². The Morgan fingerprint density at radius 1 is 1.00 bits per heavy atom. The molecule has 0 aliphatic carbocycles. The van der Waals surface area contributed by atoms with Gasteiger partial charge in [0.2, 0.25) is 5.91 Å². The number of nitrogens with one attached hydrogen (secondary N) is 2. The number of hydrogen-bond acceptors (Lipinski definition) is 4. The summed E-state index contributed by atoms with van der Waals surface area (Å²) in [5.74, 6) is -0.531. The summed E-state index contributed by atoms with van der Waals surface area (Å²) in [6, 6.07) is 8.90. The first-order valence-electron chi connectivity index (χ1n) is 8.02. The fourth-order valence-corrected chi connectivity index (χ4v) is 2.32. The highest BCUT2D eigenvalue weighted by Gasteiger charge is 2.29. The van der Waals surface area contributed by atoms with Crippen molar-refractivity contribution < 1.29 is 14.3 Å². The van der Waals surface area contributed by atoms with Crippen molar-refractivity contribution in [3.05, 3.63) is 35.9 Å². The van der Waals surface area contributed by atoms with E-state index in [4.69, 9.17) is 4.74 Å². The van der Waals surface area contributed by atoms with Crippen LogP contribution in [0.1, 0.15) is 33.3 Å². The third kappa shape index (κ3) is 6.02. The molecule has 1 amide bonds. The van der Waals surface area contributed by atoms with E-state index in [1.807, 2.05) is 58.0 Å². The molecule has 5 nitrogen and oxygen atoms in total. The maximum absolute atomic E-state index is 12.6. The van der Waals surface area contributed by atoms with Gasteiger partial charge in [0.25, 0.3) is 0 Å². The lowest BCUT2D eigenvalue weighted by Crippen LogP contribution is -2.53. The minimum Gasteiger partial charge on any atom is -0.467 e. The first-order valence-corrected chi connectivity index (χ1v) is 8.02. The van der Waals surface area contributed by atoms with Gasteiger partial charge in [-0.2, -0.15) is 0 Å². The van der Waals surface area contributed by atoms with E-state index in [9.17, 15) is 9.59 Å². The fourth-order valence-electron chi connectivity index (χ4n) is 2.32. The number of methoxy groups -OCH3 is 1. The Hall–Kier alpha value is -1.88. The number of amides is 1. The highest BCUT2D eigenvalue weighted by molar-refractivity contribution is 5.87. The molecule has 0 spiro atoms. The zero-order chi connectivity index (χ0) is 17.4. The predicted molar refractivity (Wildman–Crippen MR) is 90.7 cm³/mol. The minimum atomic E-state index is -0.632. The second kappa shape index (κ2) is 9.30. The molecule has 0 aliphatic heterocycles. The van der Waals surface area contributed by atoms with Crippen molar-refractivity contribution in [1.82, 2.24) is 10.6 Å². The molecule has 0 heterocycles. The second-order valence-electron chi connectivity index (χ2n) is 6.34. The van der Waals surface area contributed by atoms with Crippen LogP contribution in [0.25, 0.3) is 0 Å². The first-order chi connectivity index (χ1) is 10.9. The van der Waals surface area contributed by atoms with Crippen LogP contribution in [0.5, 0.6) is 0 Å². The van der Waals surface area contributed by atoms with Gasteiger partial charge in [-0.25, -0.2) is 4.79 Å². The van der Waals surface area contributed by atoms with Crippen LogP contribution in [0.15, 0.2) is 30.3 Å². The molecule has 2 N–H and O–H groups in total. The summed E-state index contributed by atoms with van der Waals surface area (Å²) in [6.45, 7) is 8.31. The van der Waals surface area contributed by atoms with Crippen LogP contribution < -0.4 is 10.6 Å². The highest BCUT2D eigenvalue weighted by Crippen LogP contribution is 2.08. The number of esters is 1. The molecule has 23 heavy (non-hydrogen) atoms. The Morgan fingerprint density at radius 3 is 2.04 bits per heavy atom. The van der Waals surface area contributed by atoms with Gasteiger partial charge in [-0.1, -0.05) is 58.0 Å². The molecular formula is C18H28N2O3. The lowest BCUT2D eigenvalue weighted by molar-refractivity contribution is -0.146. The summed E-state index contributed by atoms with van der Waals surface area (Å²) < 4.78 is 4.77. The van der Waals surface area contributed by atoms with Crippen molar-refractivity contribution >= 4 is 11.9 Å². The molecule has 1 rings (SSSR count). The summed E-state index contributed by atoms with van der Waals surface area (Å²) in [5.41, 5.74) is 1.11. The van der Waals surface area contributed by atoms with Gasteiger partial charge in [-0.3, -0.25) is 4.79 Å². The van der Waals surface area contributed by atoms with Crippen molar-refractivity contribution in [1.29, 1.82) is 0 Å². The van der Waals surface area contributed by atoms with E-state index in [1.54, 1.807) is 0 Å². The SMILES string of the molecule is COC(=O)[C@@H](NC(=O)[C@@H](NCc1ccccc1)C(C)C)C(C)C. The predicted octanol–water partition coefficient (Wildman–Crippen LogP) is 2.11. The quantitative estimate of drug-likeness (QED) is 0.720. The van der Waals surface area contributed by atoms with Crippen LogP contribution in [0.3, 0.4) is 0 Å². The largest absolute Gasteiger partial charge is 0.467 e. The lowest BCUT2D eigenvalue weighted by Gasteiger charge is -2.26. The van der Waals surface area contributed by atoms with Crippen molar-refractivity contribution in [3.63, 3.8) is 0 Å². The summed E-state index contributed by atoms with van der Waals surface area (Å²) in [4.78, 5) is 24.4. The Labute approximate surface area is 138 Å². The van der Waals surface area contributed by atoms with E-state index in [1.165, 1.54) is 7.11 Å². The number of carbonyl (C=O) groups excluding carboxylic acids is 2. The maximum atomic E-state index is 12.6. The molecule has 1 aromatic rings. The van der Waals surface area contributed by atoms with E-state index in [0.717, 1.165) is 5.56 Å². The van der Waals surface area contributed by atoms with Crippen molar-refractivity contribution in [2.24, 2.45) is 11.8 Å². The third-order valence-electron chi connectivity index (χ3n) is 3.74. The molecule has 128 valence electrons. The van der Waals surface area contributed by atoms with Crippen molar-refractivity contribution in [2.75, 3.05) is 7.11 Å². The van der Waals surface area contributed by atoms with Gasteiger partial charge in [0, 0.05) is 6.54 Å². The van der Waals surface area contributed by atoms with Gasteiger partial charge < -0.3 is 15.4 Å². The molecule has 1 aromatic carbocycles. The molecule has 5 heteroatoms. The topological polar surface area (TPSA) is 67.4 Å². The molecule has 0 saturated carbocycles. The third-order valence-corrected chi connectivity index (χ3v) is 3.74. The van der Waals surface area contributed by atoms with Gasteiger partial charge in [0.1, 0.15) is 6.04 Å². The molecule has 0 aromatic heterocycles. The van der Waals surface area contributed by atoms with Gasteiger partial charge in [-0.05, 0) is 17.4 Å². The summed E-state index contributed by atoms with van der Waals surface area (Å²) in [5, 5.41) is 6.08. The number of rotatable bonds is 8. The van der Waals surface area contributed by atoms with E-state index in [-0.39, 0.29) is 23.8 Å². The van der Waals surface area contributed by atoms with Crippen LogP contribution >= 0.6 is 0 Å². The normalized spacial score (nSPS) is 13.7. The molecule has 0 saturated heterocycles. The summed E-state index contributed by atoms with van der Waals surface area (Å²) in [7, 11) is 1.33. The number of ether oxygens (including phenoxy) is 1. The van der Waals surface area contributed by atoms with Gasteiger partial charge in [0.15, 0.2) is 0 Å². The molecule has 0 aliphatic rings. The second-order valence-corrected chi connectivity index (χ2v) is 6.34. The van der Waals surface area contributed by atoms with E-state index >= 15 is 0 Å². The van der Waals surface area contributed by atoms with Gasteiger partial charge in [0.05, 0.1) is 13.2 Å². The van der Waals surface area contributed by atoms with E-state index < -0.39 is 12.0 Å². The van der Waals surface area contributed by atoms with Crippen LogP contribution in [-0.2, 0) is 20.9 Å². The average Bonchev–Trinajstić information content (AvgIpc) is 2.52. The van der Waals surface area contributed by atoms with Crippen molar-refractivity contribution in [3.8, 4) is 0 Å². The molecule has 0 radical (unpaired) electrons.